The summed E-state index contributed by atoms with van der Waals surface area (Å²) in [5.41, 5.74) is 7.21. The molecule has 116 valence electrons. The number of morpholine rings is 1. The molecular weight excluding hydrogens is 273 g/mol. The van der Waals surface area contributed by atoms with E-state index in [9.17, 15) is 9.18 Å². The van der Waals surface area contributed by atoms with Crippen LogP contribution in [0.1, 0.15) is 18.9 Å². The molecule has 1 aliphatic rings. The van der Waals surface area contributed by atoms with E-state index in [-0.39, 0.29) is 18.3 Å². The molecule has 1 atom stereocenters. The van der Waals surface area contributed by atoms with Crippen molar-refractivity contribution in [3.63, 3.8) is 0 Å². The maximum absolute atomic E-state index is 13.3. The van der Waals surface area contributed by atoms with Crippen molar-refractivity contribution in [1.29, 1.82) is 0 Å². The molecule has 1 aliphatic heterocycles. The highest BCUT2D eigenvalue weighted by atomic mass is 19.1. The summed E-state index contributed by atoms with van der Waals surface area (Å²) >= 11 is 0. The van der Waals surface area contributed by atoms with Crippen LogP contribution in [0, 0.1) is 5.82 Å². The Kier molecular flexibility index (Phi) is 5.52. The van der Waals surface area contributed by atoms with Crippen molar-refractivity contribution in [3.8, 4) is 0 Å². The number of nitrogens with two attached hydrogens (primary N) is 1. The molecule has 1 fully saturated rings. The molecular formula is C15H22FN3O2. The first-order chi connectivity index (χ1) is 10.2. The van der Waals surface area contributed by atoms with E-state index < -0.39 is 6.04 Å². The largest absolute Gasteiger partial charge is 0.377 e. The lowest BCUT2D eigenvalue weighted by atomic mass is 10.1. The molecule has 0 aromatic heterocycles. The molecule has 0 radical (unpaired) electrons. The molecule has 1 heterocycles. The van der Waals surface area contributed by atoms with Crippen molar-refractivity contribution in [1.82, 2.24) is 5.32 Å². The minimum absolute atomic E-state index is 0.0659. The van der Waals surface area contributed by atoms with E-state index in [4.69, 9.17) is 10.5 Å². The van der Waals surface area contributed by atoms with Crippen LogP contribution in [0.15, 0.2) is 18.2 Å². The smallest absolute Gasteiger partial charge is 0.245 e. The summed E-state index contributed by atoms with van der Waals surface area (Å²) in [6.45, 7) is 4.32. The Bertz CT molecular complexity index is 496. The number of amides is 1. The number of nitrogens with one attached hydrogen (secondary N) is 1. The van der Waals surface area contributed by atoms with Gasteiger partial charge in [0.25, 0.3) is 0 Å². The molecule has 2 rings (SSSR count). The molecule has 6 heteroatoms. The van der Waals surface area contributed by atoms with E-state index in [0.717, 1.165) is 12.1 Å². The van der Waals surface area contributed by atoms with Crippen molar-refractivity contribution in [2.75, 3.05) is 31.2 Å². The Balaban J connectivity index is 2.24. The summed E-state index contributed by atoms with van der Waals surface area (Å²) in [7, 11) is 0. The fourth-order valence-electron chi connectivity index (χ4n) is 2.47. The highest BCUT2D eigenvalue weighted by molar-refractivity contribution is 5.86. The number of hydrogen-bond donors (Lipinski definition) is 2. The van der Waals surface area contributed by atoms with Gasteiger partial charge in [0, 0.05) is 25.3 Å². The Morgan fingerprint density at radius 1 is 1.57 bits per heavy atom. The lowest BCUT2D eigenvalue weighted by molar-refractivity contribution is -0.124. The Hall–Kier alpha value is -1.66. The number of ether oxygens (including phenoxy) is 1. The standard InChI is InChI=1S/C15H22FN3O2/c1-2-5-18-15(20)14-10-21-7-6-19(14)13-4-3-12(16)8-11(13)9-17/h3-4,8,14H,2,5-7,9-10,17H2,1H3,(H,18,20). The van der Waals surface area contributed by atoms with Gasteiger partial charge < -0.3 is 20.7 Å². The molecule has 5 nitrogen and oxygen atoms in total. The average molecular weight is 295 g/mol. The Morgan fingerprint density at radius 3 is 3.10 bits per heavy atom. The minimum atomic E-state index is -0.402. The Morgan fingerprint density at radius 2 is 2.38 bits per heavy atom. The third-order valence-corrected chi connectivity index (χ3v) is 3.55. The monoisotopic (exact) mass is 295 g/mol. The first kappa shape index (κ1) is 15.7. The van der Waals surface area contributed by atoms with E-state index in [1.54, 1.807) is 6.07 Å². The number of halogens is 1. The van der Waals surface area contributed by atoms with Crippen molar-refractivity contribution >= 4 is 11.6 Å². The van der Waals surface area contributed by atoms with Crippen LogP contribution in [0.3, 0.4) is 0 Å². The molecule has 3 N–H and O–H groups in total. The van der Waals surface area contributed by atoms with E-state index in [2.05, 4.69) is 5.32 Å². The fraction of sp³-hybridized carbons (Fsp3) is 0.533. The minimum Gasteiger partial charge on any atom is -0.377 e. The second-order valence-electron chi connectivity index (χ2n) is 5.05. The van der Waals surface area contributed by atoms with Gasteiger partial charge in [-0.25, -0.2) is 4.39 Å². The number of anilines is 1. The van der Waals surface area contributed by atoms with Crippen molar-refractivity contribution < 1.29 is 13.9 Å². The van der Waals surface area contributed by atoms with Crippen molar-refractivity contribution in [2.24, 2.45) is 5.73 Å². The topological polar surface area (TPSA) is 67.6 Å². The van der Waals surface area contributed by atoms with Crippen LogP contribution in [-0.2, 0) is 16.1 Å². The molecule has 0 aliphatic carbocycles. The van der Waals surface area contributed by atoms with Gasteiger partial charge in [0.15, 0.2) is 0 Å². The molecule has 0 spiro atoms. The fourth-order valence-corrected chi connectivity index (χ4v) is 2.47. The zero-order valence-electron chi connectivity index (χ0n) is 12.3. The van der Waals surface area contributed by atoms with Gasteiger partial charge in [-0.15, -0.1) is 0 Å². The summed E-state index contributed by atoms with van der Waals surface area (Å²) < 4.78 is 18.8. The number of carbonyl (C=O) groups is 1. The maximum atomic E-state index is 13.3. The molecule has 21 heavy (non-hydrogen) atoms. The molecule has 1 amide bonds. The second kappa shape index (κ2) is 7.38. The van der Waals surface area contributed by atoms with Gasteiger partial charge in [-0.3, -0.25) is 4.79 Å². The molecule has 1 unspecified atom stereocenters. The predicted molar refractivity (Wildman–Crippen MR) is 79.5 cm³/mol. The molecule has 1 aromatic carbocycles. The third-order valence-electron chi connectivity index (χ3n) is 3.55. The molecule has 0 bridgehead atoms. The number of carbonyl (C=O) groups excluding carboxylic acids is 1. The number of hydrogen-bond acceptors (Lipinski definition) is 4. The van der Waals surface area contributed by atoms with Gasteiger partial charge in [0.05, 0.1) is 13.2 Å². The zero-order valence-corrected chi connectivity index (χ0v) is 12.3. The molecule has 1 aromatic rings. The predicted octanol–water partition coefficient (Wildman–Crippen LogP) is 1.02. The van der Waals surface area contributed by atoms with Crippen LogP contribution in [0.5, 0.6) is 0 Å². The number of nitrogens with zero attached hydrogens (tertiary/aromatic N) is 1. The Labute approximate surface area is 124 Å². The van der Waals surface area contributed by atoms with Gasteiger partial charge >= 0.3 is 0 Å². The van der Waals surface area contributed by atoms with E-state index >= 15 is 0 Å². The zero-order chi connectivity index (χ0) is 15.2. The van der Waals surface area contributed by atoms with Gasteiger partial charge in [0.2, 0.25) is 5.91 Å². The van der Waals surface area contributed by atoms with Crippen LogP contribution in [0.2, 0.25) is 0 Å². The van der Waals surface area contributed by atoms with Gasteiger partial charge in [0.1, 0.15) is 11.9 Å². The lowest BCUT2D eigenvalue weighted by Crippen LogP contribution is -2.54. The SMILES string of the molecule is CCCNC(=O)C1COCCN1c1ccc(F)cc1CN. The summed E-state index contributed by atoms with van der Waals surface area (Å²) in [4.78, 5) is 14.2. The number of rotatable bonds is 5. The van der Waals surface area contributed by atoms with Gasteiger partial charge in [-0.1, -0.05) is 6.92 Å². The summed E-state index contributed by atoms with van der Waals surface area (Å²) in [5, 5.41) is 2.88. The van der Waals surface area contributed by atoms with E-state index in [0.29, 0.717) is 31.9 Å². The van der Waals surface area contributed by atoms with E-state index in [1.165, 1.54) is 12.1 Å². The highest BCUT2D eigenvalue weighted by Crippen LogP contribution is 2.25. The highest BCUT2D eigenvalue weighted by Gasteiger charge is 2.30. The molecule has 0 saturated carbocycles. The molecule has 1 saturated heterocycles. The second-order valence-corrected chi connectivity index (χ2v) is 5.05. The van der Waals surface area contributed by atoms with Crippen LogP contribution in [0.4, 0.5) is 10.1 Å². The first-order valence-corrected chi connectivity index (χ1v) is 7.28. The van der Waals surface area contributed by atoms with Gasteiger partial charge in [-0.05, 0) is 30.2 Å². The summed E-state index contributed by atoms with van der Waals surface area (Å²) in [5.74, 6) is -0.386. The average Bonchev–Trinajstić information content (AvgIpc) is 2.52. The summed E-state index contributed by atoms with van der Waals surface area (Å²) in [6.07, 6.45) is 0.879. The first-order valence-electron chi connectivity index (χ1n) is 7.28. The lowest BCUT2D eigenvalue weighted by Gasteiger charge is -2.37. The quantitative estimate of drug-likeness (QED) is 0.851. The summed E-state index contributed by atoms with van der Waals surface area (Å²) in [6, 6.07) is 4.10. The van der Waals surface area contributed by atoms with Crippen molar-refractivity contribution in [3.05, 3.63) is 29.6 Å². The van der Waals surface area contributed by atoms with E-state index in [1.807, 2.05) is 11.8 Å². The van der Waals surface area contributed by atoms with Crippen LogP contribution >= 0.6 is 0 Å². The number of benzene rings is 1. The van der Waals surface area contributed by atoms with Crippen molar-refractivity contribution in [2.45, 2.75) is 25.9 Å². The van der Waals surface area contributed by atoms with Gasteiger partial charge in [-0.2, -0.15) is 0 Å². The van der Waals surface area contributed by atoms with Crippen LogP contribution < -0.4 is 16.0 Å². The van der Waals surface area contributed by atoms with Crippen LogP contribution in [0.25, 0.3) is 0 Å². The third kappa shape index (κ3) is 3.71. The maximum Gasteiger partial charge on any atom is 0.245 e. The normalized spacial score (nSPS) is 18.6. The van der Waals surface area contributed by atoms with Crippen LogP contribution in [-0.4, -0.2) is 38.3 Å².